The van der Waals surface area contributed by atoms with Gasteiger partial charge < -0.3 is 16.2 Å². The normalized spacial score (nSPS) is 11.8. The second-order valence-electron chi connectivity index (χ2n) is 3.42. The van der Waals surface area contributed by atoms with Crippen molar-refractivity contribution in [1.82, 2.24) is 5.32 Å². The average molecular weight is 222 g/mol. The Morgan fingerprint density at radius 1 is 1.31 bits per heavy atom. The Kier molecular flexibility index (Phi) is 4.47. The van der Waals surface area contributed by atoms with Crippen molar-refractivity contribution in [3.8, 4) is 0 Å². The first-order chi connectivity index (χ1) is 7.59. The van der Waals surface area contributed by atoms with E-state index in [1.807, 2.05) is 30.3 Å². The van der Waals surface area contributed by atoms with E-state index in [0.717, 1.165) is 5.56 Å². The first-order valence-corrected chi connectivity index (χ1v) is 4.89. The zero-order chi connectivity index (χ0) is 12.0. The van der Waals surface area contributed by atoms with Gasteiger partial charge in [-0.2, -0.15) is 0 Å². The molecule has 0 aliphatic heterocycles. The van der Waals surface area contributed by atoms with Crippen molar-refractivity contribution in [2.45, 2.75) is 12.5 Å². The number of nitrogens with two attached hydrogens (primary N) is 1. The highest BCUT2D eigenvalue weighted by Gasteiger charge is 2.11. The van der Waals surface area contributed by atoms with Gasteiger partial charge in [0.05, 0.1) is 6.10 Å². The molecular weight excluding hydrogens is 208 g/mol. The van der Waals surface area contributed by atoms with E-state index in [0.29, 0.717) is 6.42 Å². The molecule has 0 aromatic heterocycles. The quantitative estimate of drug-likeness (QED) is 0.582. The van der Waals surface area contributed by atoms with Gasteiger partial charge in [-0.05, 0) is 5.56 Å². The van der Waals surface area contributed by atoms with E-state index in [-0.39, 0.29) is 6.54 Å². The monoisotopic (exact) mass is 222 g/mol. The van der Waals surface area contributed by atoms with Crippen LogP contribution in [0.25, 0.3) is 0 Å². The molecule has 4 N–H and O–H groups in total. The fourth-order valence-electron chi connectivity index (χ4n) is 1.26. The number of hydrogen-bond acceptors (Lipinski definition) is 3. The van der Waals surface area contributed by atoms with Crippen molar-refractivity contribution in [3.05, 3.63) is 35.9 Å². The Balaban J connectivity index is 2.34. The molecule has 0 aliphatic carbocycles. The van der Waals surface area contributed by atoms with Crippen molar-refractivity contribution in [3.63, 3.8) is 0 Å². The molecule has 16 heavy (non-hydrogen) atoms. The van der Waals surface area contributed by atoms with Crippen LogP contribution in [0, 0.1) is 0 Å². The van der Waals surface area contributed by atoms with E-state index < -0.39 is 17.9 Å². The van der Waals surface area contributed by atoms with Gasteiger partial charge in [0.1, 0.15) is 0 Å². The van der Waals surface area contributed by atoms with Crippen molar-refractivity contribution in [2.75, 3.05) is 6.54 Å². The molecule has 1 aromatic carbocycles. The summed E-state index contributed by atoms with van der Waals surface area (Å²) in [6.45, 7) is 0.0106. The minimum atomic E-state index is -1.05. The topological polar surface area (TPSA) is 92.4 Å². The summed E-state index contributed by atoms with van der Waals surface area (Å²) >= 11 is 0. The van der Waals surface area contributed by atoms with Crippen molar-refractivity contribution < 1.29 is 14.7 Å². The standard InChI is InChI=1S/C11H14N2O3/c12-10(15)11(16)13-7-9(14)6-8-4-2-1-3-5-8/h1-5,9,14H,6-7H2,(H2,12,15)(H,13,16). The molecule has 0 saturated heterocycles. The number of benzene rings is 1. The van der Waals surface area contributed by atoms with Crippen LogP contribution in [-0.2, 0) is 16.0 Å². The summed E-state index contributed by atoms with van der Waals surface area (Å²) in [4.78, 5) is 21.2. The smallest absolute Gasteiger partial charge is 0.309 e. The summed E-state index contributed by atoms with van der Waals surface area (Å²) in [5.74, 6) is -1.93. The molecular formula is C11H14N2O3. The maximum Gasteiger partial charge on any atom is 0.309 e. The minimum Gasteiger partial charge on any atom is -0.391 e. The molecule has 1 unspecified atom stereocenters. The fraction of sp³-hybridized carbons (Fsp3) is 0.273. The lowest BCUT2D eigenvalue weighted by Crippen LogP contribution is -2.40. The molecule has 0 heterocycles. The summed E-state index contributed by atoms with van der Waals surface area (Å²) in [6.07, 6.45) is -0.314. The second-order valence-corrected chi connectivity index (χ2v) is 3.42. The number of carbonyl (C=O) groups is 2. The third-order valence-corrected chi connectivity index (χ3v) is 2.04. The number of nitrogens with one attached hydrogen (secondary N) is 1. The first-order valence-electron chi connectivity index (χ1n) is 4.89. The zero-order valence-corrected chi connectivity index (χ0v) is 8.72. The highest BCUT2D eigenvalue weighted by molar-refractivity contribution is 6.34. The summed E-state index contributed by atoms with van der Waals surface area (Å²) < 4.78 is 0. The predicted molar refractivity (Wildman–Crippen MR) is 58.4 cm³/mol. The van der Waals surface area contributed by atoms with Crippen LogP contribution in [0.15, 0.2) is 30.3 Å². The average Bonchev–Trinajstić information content (AvgIpc) is 2.27. The molecule has 1 rings (SSSR count). The van der Waals surface area contributed by atoms with Gasteiger partial charge in [0.2, 0.25) is 0 Å². The summed E-state index contributed by atoms with van der Waals surface area (Å²) in [7, 11) is 0. The van der Waals surface area contributed by atoms with E-state index in [9.17, 15) is 14.7 Å². The Labute approximate surface area is 93.3 Å². The van der Waals surface area contributed by atoms with Crippen LogP contribution in [0.2, 0.25) is 0 Å². The third-order valence-electron chi connectivity index (χ3n) is 2.04. The van der Waals surface area contributed by atoms with Crippen LogP contribution in [0.1, 0.15) is 5.56 Å². The Morgan fingerprint density at radius 3 is 2.50 bits per heavy atom. The van der Waals surface area contributed by atoms with Crippen molar-refractivity contribution in [1.29, 1.82) is 0 Å². The number of primary amides is 1. The molecule has 0 saturated carbocycles. The SMILES string of the molecule is NC(=O)C(=O)NCC(O)Cc1ccccc1. The van der Waals surface area contributed by atoms with Gasteiger partial charge >= 0.3 is 11.8 Å². The number of rotatable bonds is 4. The maximum absolute atomic E-state index is 10.8. The molecule has 0 radical (unpaired) electrons. The first kappa shape index (κ1) is 12.2. The van der Waals surface area contributed by atoms with Gasteiger partial charge in [-0.3, -0.25) is 9.59 Å². The molecule has 0 bridgehead atoms. The van der Waals surface area contributed by atoms with E-state index in [1.165, 1.54) is 0 Å². The van der Waals surface area contributed by atoms with Crippen molar-refractivity contribution >= 4 is 11.8 Å². The molecule has 86 valence electrons. The second kappa shape index (κ2) is 5.87. The van der Waals surface area contributed by atoms with Crippen LogP contribution in [0.3, 0.4) is 0 Å². The molecule has 0 fully saturated rings. The van der Waals surface area contributed by atoms with Gasteiger partial charge in [0.25, 0.3) is 0 Å². The lowest BCUT2D eigenvalue weighted by atomic mass is 10.1. The molecule has 2 amide bonds. The lowest BCUT2D eigenvalue weighted by Gasteiger charge is -2.10. The molecule has 1 atom stereocenters. The van der Waals surface area contributed by atoms with Crippen LogP contribution in [-0.4, -0.2) is 29.6 Å². The number of aliphatic hydroxyl groups excluding tert-OH is 1. The summed E-state index contributed by atoms with van der Waals surface area (Å²) in [5.41, 5.74) is 5.70. The van der Waals surface area contributed by atoms with E-state index >= 15 is 0 Å². The number of hydrogen-bond donors (Lipinski definition) is 3. The maximum atomic E-state index is 10.8. The van der Waals surface area contributed by atoms with Crippen LogP contribution < -0.4 is 11.1 Å². The van der Waals surface area contributed by atoms with E-state index in [4.69, 9.17) is 5.73 Å². The molecule has 0 spiro atoms. The van der Waals surface area contributed by atoms with Crippen LogP contribution in [0.5, 0.6) is 0 Å². The van der Waals surface area contributed by atoms with E-state index in [1.54, 1.807) is 0 Å². The summed E-state index contributed by atoms with van der Waals surface area (Å²) in [5, 5.41) is 11.8. The summed E-state index contributed by atoms with van der Waals surface area (Å²) in [6, 6.07) is 9.36. The fourth-order valence-corrected chi connectivity index (χ4v) is 1.26. The van der Waals surface area contributed by atoms with Gasteiger partial charge in [-0.1, -0.05) is 30.3 Å². The Hall–Kier alpha value is -1.88. The van der Waals surface area contributed by atoms with Crippen LogP contribution in [0.4, 0.5) is 0 Å². The van der Waals surface area contributed by atoms with Gasteiger partial charge in [0, 0.05) is 13.0 Å². The Morgan fingerprint density at radius 2 is 1.94 bits per heavy atom. The Bertz CT molecular complexity index is 365. The minimum absolute atomic E-state index is 0.0106. The van der Waals surface area contributed by atoms with Gasteiger partial charge in [-0.15, -0.1) is 0 Å². The van der Waals surface area contributed by atoms with Gasteiger partial charge in [0.15, 0.2) is 0 Å². The highest BCUT2D eigenvalue weighted by Crippen LogP contribution is 2.02. The van der Waals surface area contributed by atoms with Crippen LogP contribution >= 0.6 is 0 Å². The molecule has 5 nitrogen and oxygen atoms in total. The molecule has 1 aromatic rings. The largest absolute Gasteiger partial charge is 0.391 e. The zero-order valence-electron chi connectivity index (χ0n) is 8.72. The predicted octanol–water partition coefficient (Wildman–Crippen LogP) is -0.808. The van der Waals surface area contributed by atoms with Gasteiger partial charge in [-0.25, -0.2) is 0 Å². The number of amides is 2. The molecule has 0 aliphatic rings. The number of carbonyl (C=O) groups excluding carboxylic acids is 2. The lowest BCUT2D eigenvalue weighted by molar-refractivity contribution is -0.137. The highest BCUT2D eigenvalue weighted by atomic mass is 16.3. The third kappa shape index (κ3) is 4.10. The van der Waals surface area contributed by atoms with E-state index in [2.05, 4.69) is 5.32 Å². The number of aliphatic hydroxyl groups is 1. The van der Waals surface area contributed by atoms with Crippen molar-refractivity contribution in [2.24, 2.45) is 5.73 Å². The molecule has 5 heteroatoms.